The minimum Gasteiger partial charge on any atom is -0.487 e. The first-order valence-electron chi connectivity index (χ1n) is 13.4. The molecular weight excluding hydrogens is 584 g/mol. The monoisotopic (exact) mass is 615 g/mol. The minimum atomic E-state index is -1.60. The summed E-state index contributed by atoms with van der Waals surface area (Å²) >= 11 is 6.43. The maximum atomic E-state index is 14.4. The number of halogens is 3. The van der Waals surface area contributed by atoms with Crippen molar-refractivity contribution in [2.45, 2.75) is 59.0 Å². The van der Waals surface area contributed by atoms with Gasteiger partial charge in [0.1, 0.15) is 35.4 Å². The summed E-state index contributed by atoms with van der Waals surface area (Å²) < 4.78 is 40.8. The zero-order valence-electron chi connectivity index (χ0n) is 24.2. The van der Waals surface area contributed by atoms with Crippen LogP contribution in [0.1, 0.15) is 50.6 Å². The van der Waals surface area contributed by atoms with Gasteiger partial charge >= 0.3 is 6.09 Å². The molecule has 0 spiro atoms. The van der Waals surface area contributed by atoms with E-state index >= 15 is 0 Å². The van der Waals surface area contributed by atoms with E-state index in [1.807, 2.05) is 0 Å². The molecule has 228 valence electrons. The maximum Gasteiger partial charge on any atom is 0.407 e. The lowest BCUT2D eigenvalue weighted by Crippen LogP contribution is -2.44. The zero-order valence-corrected chi connectivity index (χ0v) is 25.0. The van der Waals surface area contributed by atoms with Gasteiger partial charge < -0.3 is 25.2 Å². The number of aromatic nitrogens is 3. The number of aryl methyl sites for hydroxylation is 1. The zero-order chi connectivity index (χ0) is 31.5. The van der Waals surface area contributed by atoms with E-state index in [-0.39, 0.29) is 11.6 Å². The molecule has 0 aliphatic carbocycles. The molecule has 4 aromatic rings. The molecule has 4 rings (SSSR count). The largest absolute Gasteiger partial charge is 0.487 e. The number of rotatable bonds is 9. The third-order valence-corrected chi connectivity index (χ3v) is 6.58. The fourth-order valence-electron chi connectivity index (χ4n) is 4.35. The lowest BCUT2D eigenvalue weighted by atomic mass is 10.0. The number of pyridine rings is 1. The standard InChI is InChI=1S/C30H32ClF2N5O5/c1-16-9-24(38-14-19(33)12-35-38)20-7-6-8-26(27(20)36-16)42-15-22-21(10-18(32)11-23(22)31)17(2)37-28(40)25(39)13-34-29(41)43-30(3,4)5/h6-12,14,17,25,39H,13,15H2,1-5H3,(H,34,41)(H,37,40)/t17-,25+/m0/s1. The van der Waals surface area contributed by atoms with Gasteiger partial charge in [0.15, 0.2) is 5.82 Å². The summed E-state index contributed by atoms with van der Waals surface area (Å²) in [5, 5.41) is 20.0. The van der Waals surface area contributed by atoms with Gasteiger partial charge in [-0.25, -0.2) is 23.2 Å². The molecule has 0 saturated carbocycles. The number of para-hydroxylation sites is 1. The van der Waals surface area contributed by atoms with Crippen LogP contribution in [0.5, 0.6) is 5.75 Å². The van der Waals surface area contributed by atoms with Crippen LogP contribution in [0.25, 0.3) is 16.6 Å². The first-order valence-corrected chi connectivity index (χ1v) is 13.8. The molecule has 0 fully saturated rings. The Bertz CT molecular complexity index is 1660. The van der Waals surface area contributed by atoms with Gasteiger partial charge in [-0.15, -0.1) is 0 Å². The van der Waals surface area contributed by atoms with Gasteiger partial charge in [0.2, 0.25) is 0 Å². The van der Waals surface area contributed by atoms with Gasteiger partial charge in [0, 0.05) is 16.6 Å². The molecule has 10 nitrogen and oxygen atoms in total. The Balaban J connectivity index is 1.53. The van der Waals surface area contributed by atoms with Crippen molar-refractivity contribution in [3.8, 4) is 11.4 Å². The lowest BCUT2D eigenvalue weighted by molar-refractivity contribution is -0.129. The molecule has 0 unspecified atom stereocenters. The molecule has 2 aromatic heterocycles. The van der Waals surface area contributed by atoms with Crippen molar-refractivity contribution in [3.05, 3.63) is 82.3 Å². The fourth-order valence-corrected chi connectivity index (χ4v) is 4.62. The number of carbonyl (C=O) groups is 2. The van der Waals surface area contributed by atoms with Crippen molar-refractivity contribution in [2.75, 3.05) is 6.54 Å². The van der Waals surface area contributed by atoms with E-state index in [2.05, 4.69) is 20.7 Å². The normalized spacial score (nSPS) is 13.0. The van der Waals surface area contributed by atoms with E-state index in [1.54, 1.807) is 58.9 Å². The van der Waals surface area contributed by atoms with Crippen LogP contribution in [0, 0.1) is 18.6 Å². The smallest absolute Gasteiger partial charge is 0.407 e. The summed E-state index contributed by atoms with van der Waals surface area (Å²) in [7, 11) is 0. The van der Waals surface area contributed by atoms with Gasteiger partial charge in [-0.1, -0.05) is 23.7 Å². The summed E-state index contributed by atoms with van der Waals surface area (Å²) in [6.07, 6.45) is -0.0184. The molecule has 0 saturated heterocycles. The molecule has 2 atom stereocenters. The second kappa shape index (κ2) is 12.9. The highest BCUT2D eigenvalue weighted by Crippen LogP contribution is 2.32. The number of aliphatic hydroxyl groups excluding tert-OH is 1. The van der Waals surface area contributed by atoms with Crippen molar-refractivity contribution in [1.82, 2.24) is 25.4 Å². The molecule has 0 radical (unpaired) electrons. The van der Waals surface area contributed by atoms with Crippen LogP contribution in [0.2, 0.25) is 5.02 Å². The summed E-state index contributed by atoms with van der Waals surface area (Å²) in [5.41, 5.74) is 1.72. The number of benzene rings is 2. The van der Waals surface area contributed by atoms with E-state index in [0.29, 0.717) is 39.2 Å². The van der Waals surface area contributed by atoms with Gasteiger partial charge in [-0.05, 0) is 64.4 Å². The Morgan fingerprint density at radius 1 is 1.16 bits per heavy atom. The van der Waals surface area contributed by atoms with Crippen molar-refractivity contribution < 1.29 is 33.0 Å². The first-order chi connectivity index (χ1) is 20.2. The molecule has 43 heavy (non-hydrogen) atoms. The Morgan fingerprint density at radius 3 is 2.58 bits per heavy atom. The van der Waals surface area contributed by atoms with Crippen LogP contribution in [-0.2, 0) is 16.1 Å². The van der Waals surface area contributed by atoms with E-state index in [0.717, 1.165) is 12.3 Å². The number of ether oxygens (including phenoxy) is 2. The van der Waals surface area contributed by atoms with Gasteiger partial charge in [0.25, 0.3) is 5.91 Å². The summed E-state index contributed by atoms with van der Waals surface area (Å²) in [6, 6.07) is 8.59. The SMILES string of the molecule is Cc1cc(-n2cc(F)cn2)c2cccc(OCc3c(Cl)cc(F)cc3[C@H](C)NC(=O)[C@H](O)CNC(=O)OC(C)(C)C)c2n1. The summed E-state index contributed by atoms with van der Waals surface area (Å²) in [4.78, 5) is 29.1. The molecule has 0 aliphatic rings. The van der Waals surface area contributed by atoms with E-state index in [9.17, 15) is 23.5 Å². The number of carbonyl (C=O) groups excluding carboxylic acids is 2. The number of hydrogen-bond acceptors (Lipinski definition) is 7. The van der Waals surface area contributed by atoms with Crippen LogP contribution in [0.4, 0.5) is 13.6 Å². The number of amides is 2. The van der Waals surface area contributed by atoms with Crippen molar-refractivity contribution in [2.24, 2.45) is 0 Å². The topological polar surface area (TPSA) is 128 Å². The third-order valence-electron chi connectivity index (χ3n) is 6.24. The number of aliphatic hydroxyl groups is 1. The van der Waals surface area contributed by atoms with Crippen LogP contribution in [0.15, 0.2) is 48.8 Å². The minimum absolute atomic E-state index is 0.0697. The van der Waals surface area contributed by atoms with E-state index in [1.165, 1.54) is 16.9 Å². The Morgan fingerprint density at radius 2 is 1.91 bits per heavy atom. The van der Waals surface area contributed by atoms with Crippen molar-refractivity contribution >= 4 is 34.5 Å². The Kier molecular flexibility index (Phi) is 9.51. The van der Waals surface area contributed by atoms with Crippen molar-refractivity contribution in [1.29, 1.82) is 0 Å². The lowest BCUT2D eigenvalue weighted by Gasteiger charge is -2.22. The van der Waals surface area contributed by atoms with Crippen LogP contribution in [0.3, 0.4) is 0 Å². The van der Waals surface area contributed by atoms with E-state index < -0.39 is 47.9 Å². The predicted octanol–water partition coefficient (Wildman–Crippen LogP) is 5.30. The van der Waals surface area contributed by atoms with Crippen molar-refractivity contribution in [3.63, 3.8) is 0 Å². The average Bonchev–Trinajstić information content (AvgIpc) is 3.35. The predicted molar refractivity (Wildman–Crippen MR) is 156 cm³/mol. The maximum absolute atomic E-state index is 14.4. The second-order valence-electron chi connectivity index (χ2n) is 10.9. The number of nitrogens with one attached hydrogen (secondary N) is 2. The number of fused-ring (bicyclic) bond motifs is 1. The van der Waals surface area contributed by atoms with E-state index in [4.69, 9.17) is 21.1 Å². The molecule has 0 aliphatic heterocycles. The Labute approximate surface area is 252 Å². The first kappa shape index (κ1) is 31.6. The average molecular weight is 616 g/mol. The van der Waals surface area contributed by atoms with Gasteiger partial charge in [-0.2, -0.15) is 5.10 Å². The molecule has 2 amide bonds. The highest BCUT2D eigenvalue weighted by Gasteiger charge is 2.24. The number of nitrogens with zero attached hydrogens (tertiary/aromatic N) is 3. The molecule has 2 heterocycles. The Hall–Kier alpha value is -4.29. The highest BCUT2D eigenvalue weighted by molar-refractivity contribution is 6.31. The summed E-state index contributed by atoms with van der Waals surface area (Å²) in [5.74, 6) is -1.52. The molecular formula is C30H32ClF2N5O5. The fraction of sp³-hybridized carbons (Fsp3) is 0.333. The molecule has 2 aromatic carbocycles. The van der Waals surface area contributed by atoms with Crippen LogP contribution >= 0.6 is 11.6 Å². The van der Waals surface area contributed by atoms with Crippen LogP contribution < -0.4 is 15.4 Å². The third kappa shape index (κ3) is 7.96. The number of hydrogen-bond donors (Lipinski definition) is 3. The second-order valence-corrected chi connectivity index (χ2v) is 11.3. The van der Waals surface area contributed by atoms with Crippen LogP contribution in [-0.4, -0.2) is 50.1 Å². The number of alkyl carbamates (subject to hydrolysis) is 1. The highest BCUT2D eigenvalue weighted by atomic mass is 35.5. The molecule has 0 bridgehead atoms. The van der Waals surface area contributed by atoms with Gasteiger partial charge in [-0.3, -0.25) is 4.79 Å². The molecule has 13 heteroatoms. The van der Waals surface area contributed by atoms with Gasteiger partial charge in [0.05, 0.1) is 35.7 Å². The molecule has 3 N–H and O–H groups in total. The summed E-state index contributed by atoms with van der Waals surface area (Å²) in [6.45, 7) is 7.92. The quantitative estimate of drug-likeness (QED) is 0.233.